The van der Waals surface area contributed by atoms with Crippen LogP contribution in [0.3, 0.4) is 0 Å². The monoisotopic (exact) mass is 245 g/mol. The third kappa shape index (κ3) is 3.70. The average molecular weight is 245 g/mol. The van der Waals surface area contributed by atoms with Crippen molar-refractivity contribution in [3.8, 4) is 0 Å². The molecule has 0 heterocycles. The van der Waals surface area contributed by atoms with Crippen LogP contribution in [0.25, 0.3) is 6.08 Å². The van der Waals surface area contributed by atoms with Crippen LogP contribution >= 0.6 is 0 Å². The smallest absolute Gasteiger partial charge is 0.244 e. The van der Waals surface area contributed by atoms with E-state index < -0.39 is 5.60 Å². The number of nitrogens with one attached hydrogen (secondary N) is 1. The molecule has 0 atom stereocenters. The molecule has 0 spiro atoms. The van der Waals surface area contributed by atoms with Crippen molar-refractivity contribution in [2.24, 2.45) is 0 Å². The van der Waals surface area contributed by atoms with Crippen LogP contribution in [0.15, 0.2) is 36.4 Å². The summed E-state index contributed by atoms with van der Waals surface area (Å²) in [5, 5.41) is 12.8. The highest BCUT2D eigenvalue weighted by molar-refractivity contribution is 5.91. The maximum atomic E-state index is 11.6. The first kappa shape index (κ1) is 12.8. The van der Waals surface area contributed by atoms with Crippen molar-refractivity contribution in [1.82, 2.24) is 5.32 Å². The molecule has 1 aromatic carbocycles. The summed E-state index contributed by atoms with van der Waals surface area (Å²) in [5.74, 6) is -0.154. The van der Waals surface area contributed by atoms with Crippen molar-refractivity contribution in [3.63, 3.8) is 0 Å². The van der Waals surface area contributed by atoms with Gasteiger partial charge in [-0.25, -0.2) is 0 Å². The molecule has 1 amide bonds. The summed E-state index contributed by atoms with van der Waals surface area (Å²) < 4.78 is 0. The Labute approximate surface area is 108 Å². The minimum Gasteiger partial charge on any atom is -0.388 e. The molecule has 0 saturated heterocycles. The fourth-order valence-corrected chi connectivity index (χ4v) is 2.26. The highest BCUT2D eigenvalue weighted by Crippen LogP contribution is 2.28. The molecule has 0 aromatic heterocycles. The fraction of sp³-hybridized carbons (Fsp3) is 0.400. The summed E-state index contributed by atoms with van der Waals surface area (Å²) in [6, 6.07) is 9.67. The van der Waals surface area contributed by atoms with Gasteiger partial charge >= 0.3 is 0 Å². The Morgan fingerprint density at radius 1 is 1.28 bits per heavy atom. The molecular weight excluding hydrogens is 226 g/mol. The van der Waals surface area contributed by atoms with Crippen molar-refractivity contribution < 1.29 is 9.90 Å². The topological polar surface area (TPSA) is 49.3 Å². The van der Waals surface area contributed by atoms with Crippen molar-refractivity contribution >= 4 is 12.0 Å². The first-order valence-electron chi connectivity index (χ1n) is 6.41. The van der Waals surface area contributed by atoms with E-state index >= 15 is 0 Å². The number of carbonyl (C=O) groups excluding carboxylic acids is 1. The van der Waals surface area contributed by atoms with Gasteiger partial charge in [-0.3, -0.25) is 4.79 Å². The zero-order valence-electron chi connectivity index (χ0n) is 10.4. The Morgan fingerprint density at radius 3 is 2.61 bits per heavy atom. The molecule has 0 bridgehead atoms. The van der Waals surface area contributed by atoms with Crippen LogP contribution in [0.5, 0.6) is 0 Å². The van der Waals surface area contributed by atoms with Crippen LogP contribution in [0.4, 0.5) is 0 Å². The van der Waals surface area contributed by atoms with Crippen LogP contribution in [0.2, 0.25) is 0 Å². The number of aliphatic hydroxyl groups is 1. The van der Waals surface area contributed by atoms with Gasteiger partial charge in [0.2, 0.25) is 5.91 Å². The van der Waals surface area contributed by atoms with Crippen LogP contribution in [0, 0.1) is 0 Å². The van der Waals surface area contributed by atoms with Gasteiger partial charge in [-0.2, -0.15) is 0 Å². The molecule has 1 saturated carbocycles. The van der Waals surface area contributed by atoms with Gasteiger partial charge in [0.25, 0.3) is 0 Å². The molecule has 1 aliphatic carbocycles. The van der Waals surface area contributed by atoms with E-state index in [1.807, 2.05) is 30.3 Å². The van der Waals surface area contributed by atoms with E-state index in [1.165, 1.54) is 6.08 Å². The number of rotatable bonds is 4. The van der Waals surface area contributed by atoms with Gasteiger partial charge in [0, 0.05) is 12.6 Å². The van der Waals surface area contributed by atoms with E-state index in [0.717, 1.165) is 31.2 Å². The number of benzene rings is 1. The first-order chi connectivity index (χ1) is 8.68. The predicted molar refractivity (Wildman–Crippen MR) is 71.9 cm³/mol. The molecule has 3 nitrogen and oxygen atoms in total. The minimum absolute atomic E-state index is 0.154. The minimum atomic E-state index is -0.684. The number of hydrogen-bond donors (Lipinski definition) is 2. The van der Waals surface area contributed by atoms with Crippen LogP contribution in [-0.4, -0.2) is 23.2 Å². The molecule has 2 rings (SSSR count). The van der Waals surface area contributed by atoms with Crippen molar-refractivity contribution in [2.45, 2.75) is 31.3 Å². The second-order valence-electron chi connectivity index (χ2n) is 4.89. The molecule has 1 aromatic rings. The van der Waals surface area contributed by atoms with E-state index in [9.17, 15) is 9.90 Å². The lowest BCUT2D eigenvalue weighted by molar-refractivity contribution is -0.117. The largest absolute Gasteiger partial charge is 0.388 e. The van der Waals surface area contributed by atoms with E-state index in [1.54, 1.807) is 6.08 Å². The lowest BCUT2D eigenvalue weighted by atomic mass is 10.0. The molecule has 1 fully saturated rings. The maximum Gasteiger partial charge on any atom is 0.244 e. The van der Waals surface area contributed by atoms with E-state index in [0.29, 0.717) is 6.54 Å². The maximum absolute atomic E-state index is 11.6. The Kier molecular flexibility index (Phi) is 4.15. The first-order valence-corrected chi connectivity index (χ1v) is 6.41. The van der Waals surface area contributed by atoms with Gasteiger partial charge in [-0.15, -0.1) is 0 Å². The van der Waals surface area contributed by atoms with Gasteiger partial charge in [0.1, 0.15) is 0 Å². The molecule has 0 aliphatic heterocycles. The molecule has 0 radical (unpaired) electrons. The second-order valence-corrected chi connectivity index (χ2v) is 4.89. The normalized spacial score (nSPS) is 18.1. The zero-order valence-corrected chi connectivity index (χ0v) is 10.4. The zero-order chi connectivity index (χ0) is 12.8. The van der Waals surface area contributed by atoms with Gasteiger partial charge < -0.3 is 10.4 Å². The Bertz CT molecular complexity index is 419. The standard InChI is InChI=1S/C15H19NO2/c17-14(9-8-13-6-2-1-3-7-13)16-12-15(18)10-4-5-11-15/h1-3,6-9,18H,4-5,10-12H2,(H,16,17)/b9-8+. The summed E-state index contributed by atoms with van der Waals surface area (Å²) in [6.07, 6.45) is 6.95. The summed E-state index contributed by atoms with van der Waals surface area (Å²) in [6.45, 7) is 0.352. The predicted octanol–water partition coefficient (Wildman–Crippen LogP) is 2.12. The summed E-state index contributed by atoms with van der Waals surface area (Å²) in [7, 11) is 0. The second kappa shape index (κ2) is 5.83. The summed E-state index contributed by atoms with van der Waals surface area (Å²) in [4.78, 5) is 11.6. The third-order valence-corrected chi connectivity index (χ3v) is 3.35. The van der Waals surface area contributed by atoms with Crippen molar-refractivity contribution in [2.75, 3.05) is 6.54 Å². The lowest BCUT2D eigenvalue weighted by Crippen LogP contribution is -2.40. The lowest BCUT2D eigenvalue weighted by Gasteiger charge is -2.21. The summed E-state index contributed by atoms with van der Waals surface area (Å²) in [5.41, 5.74) is 0.309. The Balaban J connectivity index is 1.80. The fourth-order valence-electron chi connectivity index (χ4n) is 2.26. The highest BCUT2D eigenvalue weighted by Gasteiger charge is 2.30. The quantitative estimate of drug-likeness (QED) is 0.798. The SMILES string of the molecule is O=C(/C=C/c1ccccc1)NCC1(O)CCCC1. The average Bonchev–Trinajstić information content (AvgIpc) is 2.83. The van der Waals surface area contributed by atoms with Crippen LogP contribution < -0.4 is 5.32 Å². The van der Waals surface area contributed by atoms with Crippen LogP contribution in [-0.2, 0) is 4.79 Å². The number of hydrogen-bond acceptors (Lipinski definition) is 2. The number of amides is 1. The van der Waals surface area contributed by atoms with E-state index in [2.05, 4.69) is 5.32 Å². The molecule has 0 unspecified atom stereocenters. The van der Waals surface area contributed by atoms with E-state index in [-0.39, 0.29) is 5.91 Å². The third-order valence-electron chi connectivity index (χ3n) is 3.35. The van der Waals surface area contributed by atoms with Crippen molar-refractivity contribution in [3.05, 3.63) is 42.0 Å². The Hall–Kier alpha value is -1.61. The molecular formula is C15H19NO2. The Morgan fingerprint density at radius 2 is 1.94 bits per heavy atom. The summed E-state index contributed by atoms with van der Waals surface area (Å²) >= 11 is 0. The van der Waals surface area contributed by atoms with Gasteiger partial charge in [0.05, 0.1) is 5.60 Å². The van der Waals surface area contributed by atoms with Crippen LogP contribution in [0.1, 0.15) is 31.2 Å². The molecule has 96 valence electrons. The highest BCUT2D eigenvalue weighted by atomic mass is 16.3. The molecule has 1 aliphatic rings. The molecule has 2 N–H and O–H groups in total. The van der Waals surface area contributed by atoms with Crippen molar-refractivity contribution in [1.29, 1.82) is 0 Å². The molecule has 18 heavy (non-hydrogen) atoms. The van der Waals surface area contributed by atoms with Gasteiger partial charge in [0.15, 0.2) is 0 Å². The van der Waals surface area contributed by atoms with Gasteiger partial charge in [-0.05, 0) is 24.5 Å². The van der Waals surface area contributed by atoms with Gasteiger partial charge in [-0.1, -0.05) is 43.2 Å². The van der Waals surface area contributed by atoms with E-state index in [4.69, 9.17) is 0 Å². The number of carbonyl (C=O) groups is 1. The molecule has 3 heteroatoms.